The fraction of sp³-hybridized carbons (Fsp3) is 1.00. The molecule has 0 amide bonds. The van der Waals surface area contributed by atoms with Crippen molar-refractivity contribution < 1.29 is 9.47 Å². The molecule has 3 heteroatoms. The molecule has 1 aliphatic rings. The molecule has 0 radical (unpaired) electrons. The van der Waals surface area contributed by atoms with E-state index in [2.05, 4.69) is 27.6 Å². The summed E-state index contributed by atoms with van der Waals surface area (Å²) in [5.74, 6) is 0. The van der Waals surface area contributed by atoms with E-state index in [0.29, 0.717) is 12.1 Å². The lowest BCUT2D eigenvalue weighted by Gasteiger charge is -2.29. The monoisotopic (exact) mass is 198 g/mol. The largest absolute Gasteiger partial charge is 0.378 e. The minimum absolute atomic E-state index is 0.0188. The van der Waals surface area contributed by atoms with Gasteiger partial charge in [-0.15, -0.1) is 0 Å². The van der Waals surface area contributed by atoms with E-state index in [0.717, 1.165) is 26.7 Å². The number of ether oxygens (including phenoxy) is 2. The van der Waals surface area contributed by atoms with Crippen LogP contribution in [0.2, 0.25) is 6.82 Å². The minimum Gasteiger partial charge on any atom is -0.378 e. The molecule has 0 bridgehead atoms. The van der Waals surface area contributed by atoms with Gasteiger partial charge >= 0.3 is 0 Å². The first-order valence-electron chi connectivity index (χ1n) is 5.91. The Bertz CT molecular complexity index is 173. The van der Waals surface area contributed by atoms with Crippen LogP contribution >= 0.6 is 0 Å². The second-order valence-electron chi connectivity index (χ2n) is 4.58. The number of hydrogen-bond acceptors (Lipinski definition) is 2. The average molecular weight is 198 g/mol. The molecule has 82 valence electrons. The normalized spacial score (nSPS) is 32.5. The zero-order chi connectivity index (χ0) is 10.6. The fourth-order valence-corrected chi connectivity index (χ4v) is 1.97. The van der Waals surface area contributed by atoms with E-state index in [1.807, 2.05) is 0 Å². The maximum absolute atomic E-state index is 6.07. The highest BCUT2D eigenvalue weighted by atomic mass is 16.6. The van der Waals surface area contributed by atoms with E-state index >= 15 is 0 Å². The number of hydrogen-bond donors (Lipinski definition) is 0. The van der Waals surface area contributed by atoms with Crippen molar-refractivity contribution in [1.29, 1.82) is 0 Å². The molecule has 1 heterocycles. The zero-order valence-corrected chi connectivity index (χ0v) is 10.0. The summed E-state index contributed by atoms with van der Waals surface area (Å²) in [6, 6.07) is 0.464. The van der Waals surface area contributed by atoms with Crippen LogP contribution in [0.25, 0.3) is 0 Å². The van der Waals surface area contributed by atoms with E-state index in [1.54, 1.807) is 0 Å². The van der Waals surface area contributed by atoms with Crippen LogP contribution in [-0.4, -0.2) is 31.6 Å². The van der Waals surface area contributed by atoms with Gasteiger partial charge in [0.25, 0.3) is 0 Å². The van der Waals surface area contributed by atoms with Crippen LogP contribution < -0.4 is 0 Å². The summed E-state index contributed by atoms with van der Waals surface area (Å²) in [6.07, 6.45) is 3.74. The van der Waals surface area contributed by atoms with Crippen LogP contribution in [0.5, 0.6) is 0 Å². The lowest BCUT2D eigenvalue weighted by Crippen LogP contribution is -2.36. The summed E-state index contributed by atoms with van der Waals surface area (Å²) < 4.78 is 11.8. The van der Waals surface area contributed by atoms with Crippen LogP contribution in [-0.2, 0) is 9.47 Å². The van der Waals surface area contributed by atoms with Crippen molar-refractivity contribution in [3.05, 3.63) is 0 Å². The van der Waals surface area contributed by atoms with Gasteiger partial charge in [-0.1, -0.05) is 13.7 Å². The van der Waals surface area contributed by atoms with E-state index < -0.39 is 0 Å². The van der Waals surface area contributed by atoms with Crippen molar-refractivity contribution in [2.24, 2.45) is 0 Å². The Morgan fingerprint density at radius 3 is 2.71 bits per heavy atom. The first-order chi connectivity index (χ1) is 6.62. The second-order valence-corrected chi connectivity index (χ2v) is 4.58. The van der Waals surface area contributed by atoms with Gasteiger partial charge in [0.15, 0.2) is 7.28 Å². The van der Waals surface area contributed by atoms with Gasteiger partial charge in [-0.3, -0.25) is 0 Å². The second kappa shape index (κ2) is 5.17. The van der Waals surface area contributed by atoms with E-state index in [1.165, 1.54) is 6.42 Å². The Labute approximate surface area is 88.6 Å². The molecule has 1 saturated heterocycles. The maximum atomic E-state index is 6.07. The third kappa shape index (κ3) is 2.99. The summed E-state index contributed by atoms with van der Waals surface area (Å²) in [6.45, 7) is 9.31. The molecule has 2 nitrogen and oxygen atoms in total. The van der Waals surface area contributed by atoms with E-state index in [-0.39, 0.29) is 5.60 Å². The average Bonchev–Trinajstić information content (AvgIpc) is 2.59. The zero-order valence-electron chi connectivity index (χ0n) is 10.0. The van der Waals surface area contributed by atoms with Gasteiger partial charge in [0, 0.05) is 6.00 Å². The molecule has 0 aromatic heterocycles. The fourth-order valence-electron chi connectivity index (χ4n) is 1.97. The van der Waals surface area contributed by atoms with Gasteiger partial charge in [-0.2, -0.15) is 0 Å². The van der Waals surface area contributed by atoms with Crippen molar-refractivity contribution >= 4 is 7.28 Å². The first kappa shape index (κ1) is 12.1. The summed E-state index contributed by atoms with van der Waals surface area (Å²) >= 11 is 0. The number of rotatable bonds is 5. The van der Waals surface area contributed by atoms with Gasteiger partial charge < -0.3 is 9.47 Å². The van der Waals surface area contributed by atoms with Crippen molar-refractivity contribution in [2.45, 2.75) is 64.6 Å². The summed E-state index contributed by atoms with van der Waals surface area (Å²) in [5, 5.41) is 0. The van der Waals surface area contributed by atoms with Gasteiger partial charge in [0.2, 0.25) is 0 Å². The molecule has 14 heavy (non-hydrogen) atoms. The smallest absolute Gasteiger partial charge is 0.154 e. The molecule has 0 spiro atoms. The lowest BCUT2D eigenvalue weighted by atomic mass is 9.73. The Balaban J connectivity index is 2.43. The lowest BCUT2D eigenvalue weighted by molar-refractivity contribution is -0.0889. The minimum atomic E-state index is 0.0188. The topological polar surface area (TPSA) is 18.5 Å². The van der Waals surface area contributed by atoms with Crippen LogP contribution in [0.4, 0.5) is 0 Å². The van der Waals surface area contributed by atoms with Crippen LogP contribution in [0, 0.1) is 0 Å². The molecule has 0 aliphatic carbocycles. The third-order valence-corrected chi connectivity index (χ3v) is 3.12. The summed E-state index contributed by atoms with van der Waals surface area (Å²) in [5.41, 5.74) is 0.0188. The molecule has 1 rings (SSSR count). The SMILES string of the molecule is CBC1CC[C@@](CC)(COC(C)C)O1. The first-order valence-corrected chi connectivity index (χ1v) is 5.91. The highest BCUT2D eigenvalue weighted by Gasteiger charge is 2.38. The van der Waals surface area contributed by atoms with Gasteiger partial charge in [-0.05, 0) is 33.1 Å². The van der Waals surface area contributed by atoms with E-state index in [9.17, 15) is 0 Å². The molecular formula is C11H23BO2. The van der Waals surface area contributed by atoms with Crippen molar-refractivity contribution in [3.63, 3.8) is 0 Å². The Morgan fingerprint density at radius 2 is 2.29 bits per heavy atom. The molecule has 1 fully saturated rings. The molecule has 2 atom stereocenters. The van der Waals surface area contributed by atoms with Gasteiger partial charge in [0.05, 0.1) is 18.3 Å². The predicted molar refractivity (Wildman–Crippen MR) is 61.2 cm³/mol. The highest BCUT2D eigenvalue weighted by Crippen LogP contribution is 2.33. The Kier molecular flexibility index (Phi) is 4.46. The highest BCUT2D eigenvalue weighted by molar-refractivity contribution is 6.35. The standard InChI is InChI=1S/C11H23BO2/c1-5-11(8-13-9(2)3)7-6-10(12-4)14-11/h9-10,12H,5-8H2,1-4H3/t10?,11-/m0/s1. The van der Waals surface area contributed by atoms with Crippen molar-refractivity contribution in [2.75, 3.05) is 6.61 Å². The molecule has 1 aliphatic heterocycles. The molecular weight excluding hydrogens is 175 g/mol. The summed E-state index contributed by atoms with van der Waals surface area (Å²) in [4.78, 5) is 0. The maximum Gasteiger partial charge on any atom is 0.154 e. The quantitative estimate of drug-likeness (QED) is 0.630. The van der Waals surface area contributed by atoms with Crippen molar-refractivity contribution in [3.8, 4) is 0 Å². The molecule has 0 N–H and O–H groups in total. The third-order valence-electron chi connectivity index (χ3n) is 3.12. The molecule has 0 aromatic rings. The van der Waals surface area contributed by atoms with Crippen molar-refractivity contribution in [1.82, 2.24) is 0 Å². The van der Waals surface area contributed by atoms with Gasteiger partial charge in [0.1, 0.15) is 0 Å². The summed E-state index contributed by atoms with van der Waals surface area (Å²) in [7, 11) is 1.13. The van der Waals surface area contributed by atoms with Crippen LogP contribution in [0.15, 0.2) is 0 Å². The molecule has 0 aromatic carbocycles. The van der Waals surface area contributed by atoms with E-state index in [4.69, 9.17) is 9.47 Å². The molecule has 1 unspecified atom stereocenters. The Hall–Kier alpha value is -0.0151. The van der Waals surface area contributed by atoms with Crippen LogP contribution in [0.3, 0.4) is 0 Å². The van der Waals surface area contributed by atoms with Crippen LogP contribution in [0.1, 0.15) is 40.0 Å². The predicted octanol–water partition coefficient (Wildman–Crippen LogP) is 2.18. The molecule has 0 saturated carbocycles. The Morgan fingerprint density at radius 1 is 1.57 bits per heavy atom. The van der Waals surface area contributed by atoms with Gasteiger partial charge in [-0.25, -0.2) is 0 Å².